The molecule has 0 bridgehead atoms. The Labute approximate surface area is 176 Å². The topological polar surface area (TPSA) is 133 Å². The van der Waals surface area contributed by atoms with E-state index < -0.39 is 36.8 Å². The summed E-state index contributed by atoms with van der Waals surface area (Å²) in [7, 11) is 0. The van der Waals surface area contributed by atoms with Gasteiger partial charge in [-0.2, -0.15) is 4.68 Å². The fourth-order valence-corrected chi connectivity index (χ4v) is 2.69. The number of nitrogens with one attached hydrogen (secondary N) is 2. The van der Waals surface area contributed by atoms with Gasteiger partial charge in [-0.1, -0.05) is 35.9 Å². The molecule has 1 aromatic heterocycles. The molecule has 2 N–H and O–H groups in total. The molecule has 10 heteroatoms. The van der Waals surface area contributed by atoms with Gasteiger partial charge in [-0.25, -0.2) is 9.59 Å². The minimum atomic E-state index is -0.889. The van der Waals surface area contributed by atoms with Crippen molar-refractivity contribution in [1.29, 1.82) is 0 Å². The Hall–Kier alpha value is -4.21. The highest BCUT2D eigenvalue weighted by Crippen LogP contribution is 2.16. The molecule has 2 aromatic carbocycles. The number of imide groups is 1. The third kappa shape index (κ3) is 5.89. The maximum atomic E-state index is 11.9. The first-order valence-corrected chi connectivity index (χ1v) is 9.29. The van der Waals surface area contributed by atoms with Gasteiger partial charge < -0.3 is 14.5 Å². The molecular weight excluding hydrogens is 404 g/mol. The first-order chi connectivity index (χ1) is 14.8. The van der Waals surface area contributed by atoms with E-state index in [0.717, 1.165) is 15.8 Å². The number of hydrogen-bond acceptors (Lipinski definition) is 7. The number of carbonyl (C=O) groups excluding carboxylic acids is 3. The lowest BCUT2D eigenvalue weighted by atomic mass is 10.1. The van der Waals surface area contributed by atoms with Crippen molar-refractivity contribution in [3.8, 4) is 11.5 Å². The van der Waals surface area contributed by atoms with Gasteiger partial charge in [-0.15, -0.1) is 5.10 Å². The number of urea groups is 1. The van der Waals surface area contributed by atoms with E-state index in [1.807, 2.05) is 26.0 Å². The minimum absolute atomic E-state index is 0.0548. The van der Waals surface area contributed by atoms with E-state index in [9.17, 15) is 19.2 Å². The number of aryl methyl sites for hydroxylation is 2. The molecule has 0 spiro atoms. The third-order valence-electron chi connectivity index (χ3n) is 4.15. The van der Waals surface area contributed by atoms with Crippen LogP contribution in [0.25, 0.3) is 11.5 Å². The van der Waals surface area contributed by atoms with Crippen LogP contribution in [0.5, 0.6) is 0 Å². The average molecular weight is 424 g/mol. The number of amides is 3. The molecule has 160 valence electrons. The van der Waals surface area contributed by atoms with Gasteiger partial charge >= 0.3 is 17.8 Å². The summed E-state index contributed by atoms with van der Waals surface area (Å²) in [6, 6.07) is 13.3. The fraction of sp³-hybridized carbons (Fsp3) is 0.190. The number of ether oxygens (including phenoxy) is 1. The van der Waals surface area contributed by atoms with Gasteiger partial charge in [0.1, 0.15) is 6.54 Å². The van der Waals surface area contributed by atoms with E-state index in [1.165, 1.54) is 0 Å². The molecule has 0 saturated carbocycles. The van der Waals surface area contributed by atoms with Crippen LogP contribution >= 0.6 is 0 Å². The Kier molecular flexibility index (Phi) is 6.61. The standard InChI is InChI=1S/C21H20N4O6/c1-13-8-9-16(14(2)10-13)22-20(28)23-17(26)12-30-18(27)11-25-21(29)31-19(24-25)15-6-4-3-5-7-15/h3-10H,11-12H2,1-2H3,(H2,22,23,26,28). The highest BCUT2D eigenvalue weighted by Gasteiger charge is 2.16. The van der Waals surface area contributed by atoms with E-state index in [2.05, 4.69) is 15.7 Å². The predicted molar refractivity (Wildman–Crippen MR) is 110 cm³/mol. The zero-order valence-electron chi connectivity index (χ0n) is 16.9. The van der Waals surface area contributed by atoms with Crippen molar-refractivity contribution in [2.45, 2.75) is 20.4 Å². The van der Waals surface area contributed by atoms with Gasteiger partial charge in [0, 0.05) is 11.3 Å². The van der Waals surface area contributed by atoms with Crippen molar-refractivity contribution in [2.24, 2.45) is 0 Å². The summed E-state index contributed by atoms with van der Waals surface area (Å²) in [4.78, 5) is 47.5. The maximum absolute atomic E-state index is 11.9. The summed E-state index contributed by atoms with van der Waals surface area (Å²) in [5.41, 5.74) is 2.99. The van der Waals surface area contributed by atoms with Crippen molar-refractivity contribution in [2.75, 3.05) is 11.9 Å². The molecule has 3 rings (SSSR count). The zero-order chi connectivity index (χ0) is 22.4. The average Bonchev–Trinajstić information content (AvgIpc) is 3.09. The maximum Gasteiger partial charge on any atom is 0.437 e. The number of rotatable bonds is 6. The van der Waals surface area contributed by atoms with Crippen LogP contribution in [-0.2, 0) is 20.9 Å². The van der Waals surface area contributed by atoms with Crippen molar-refractivity contribution < 1.29 is 23.5 Å². The van der Waals surface area contributed by atoms with Gasteiger partial charge in [0.2, 0.25) is 5.89 Å². The summed E-state index contributed by atoms with van der Waals surface area (Å²) in [6.45, 7) is 2.50. The SMILES string of the molecule is Cc1ccc(NC(=O)NC(=O)COC(=O)Cn2nc(-c3ccccc3)oc2=O)c(C)c1. The molecule has 3 aromatic rings. The van der Waals surface area contributed by atoms with Crippen molar-refractivity contribution >= 4 is 23.6 Å². The number of carbonyl (C=O) groups is 3. The third-order valence-corrected chi connectivity index (χ3v) is 4.15. The number of anilines is 1. The Morgan fingerprint density at radius 1 is 1.10 bits per heavy atom. The van der Waals surface area contributed by atoms with Crippen LogP contribution in [0, 0.1) is 13.8 Å². The van der Waals surface area contributed by atoms with Crippen LogP contribution in [0.4, 0.5) is 10.5 Å². The van der Waals surface area contributed by atoms with Crippen molar-refractivity contribution in [3.05, 3.63) is 70.2 Å². The number of benzene rings is 2. The van der Waals surface area contributed by atoms with E-state index in [4.69, 9.17) is 9.15 Å². The molecule has 0 atom stereocenters. The molecule has 0 radical (unpaired) electrons. The highest BCUT2D eigenvalue weighted by atomic mass is 16.5. The second-order valence-electron chi connectivity index (χ2n) is 6.68. The number of nitrogens with zero attached hydrogens (tertiary/aromatic N) is 2. The number of aromatic nitrogens is 2. The number of esters is 1. The Morgan fingerprint density at radius 2 is 1.84 bits per heavy atom. The Bertz CT molecular complexity index is 1170. The molecule has 0 aliphatic carbocycles. The van der Waals surface area contributed by atoms with E-state index in [1.54, 1.807) is 36.4 Å². The van der Waals surface area contributed by atoms with E-state index >= 15 is 0 Å². The van der Waals surface area contributed by atoms with E-state index in [0.29, 0.717) is 11.3 Å². The van der Waals surface area contributed by atoms with Gasteiger partial charge in [0.05, 0.1) is 0 Å². The zero-order valence-corrected chi connectivity index (χ0v) is 16.9. The summed E-state index contributed by atoms with van der Waals surface area (Å²) >= 11 is 0. The lowest BCUT2D eigenvalue weighted by molar-refractivity contribution is -0.149. The number of hydrogen-bond donors (Lipinski definition) is 2. The smallest absolute Gasteiger partial charge is 0.437 e. The minimum Gasteiger partial charge on any atom is -0.454 e. The Morgan fingerprint density at radius 3 is 2.55 bits per heavy atom. The molecule has 3 amide bonds. The van der Waals surface area contributed by atoms with Gasteiger partial charge in [-0.05, 0) is 37.6 Å². The van der Waals surface area contributed by atoms with Crippen LogP contribution in [0.15, 0.2) is 57.7 Å². The van der Waals surface area contributed by atoms with Crippen LogP contribution in [0.1, 0.15) is 11.1 Å². The van der Waals surface area contributed by atoms with Crippen LogP contribution in [0.3, 0.4) is 0 Å². The van der Waals surface area contributed by atoms with Gasteiger partial charge in [0.25, 0.3) is 5.91 Å². The lowest BCUT2D eigenvalue weighted by Crippen LogP contribution is -2.37. The largest absolute Gasteiger partial charge is 0.454 e. The lowest BCUT2D eigenvalue weighted by Gasteiger charge is -2.10. The molecule has 0 unspecified atom stereocenters. The molecule has 0 aliphatic heterocycles. The van der Waals surface area contributed by atoms with Crippen LogP contribution in [-0.4, -0.2) is 34.3 Å². The fourth-order valence-electron chi connectivity index (χ4n) is 2.69. The predicted octanol–water partition coefficient (Wildman–Crippen LogP) is 2.01. The summed E-state index contributed by atoms with van der Waals surface area (Å²) in [5.74, 6) is -2.50. The van der Waals surface area contributed by atoms with Gasteiger partial charge in [-0.3, -0.25) is 14.9 Å². The molecular formula is C21H20N4O6. The second kappa shape index (κ2) is 9.53. The van der Waals surface area contributed by atoms with Crippen LogP contribution < -0.4 is 16.4 Å². The van der Waals surface area contributed by atoms with Gasteiger partial charge in [0.15, 0.2) is 6.61 Å². The normalized spacial score (nSPS) is 10.4. The Balaban J connectivity index is 1.48. The van der Waals surface area contributed by atoms with Crippen molar-refractivity contribution in [1.82, 2.24) is 15.1 Å². The highest BCUT2D eigenvalue weighted by molar-refractivity contribution is 6.02. The molecule has 0 aliphatic rings. The molecule has 0 fully saturated rings. The monoisotopic (exact) mass is 424 g/mol. The first kappa shape index (κ1) is 21.5. The quantitative estimate of drug-likeness (QED) is 0.578. The van der Waals surface area contributed by atoms with E-state index in [-0.39, 0.29) is 5.89 Å². The molecule has 0 saturated heterocycles. The summed E-state index contributed by atoms with van der Waals surface area (Å²) in [6.07, 6.45) is 0. The summed E-state index contributed by atoms with van der Waals surface area (Å²) < 4.78 is 10.6. The molecule has 31 heavy (non-hydrogen) atoms. The summed E-state index contributed by atoms with van der Waals surface area (Å²) in [5, 5.41) is 8.53. The van der Waals surface area contributed by atoms with Crippen LogP contribution in [0.2, 0.25) is 0 Å². The molecule has 1 heterocycles. The second-order valence-corrected chi connectivity index (χ2v) is 6.68. The first-order valence-electron chi connectivity index (χ1n) is 9.29. The molecule has 10 nitrogen and oxygen atoms in total. The van der Waals surface area contributed by atoms with Crippen molar-refractivity contribution in [3.63, 3.8) is 0 Å².